The van der Waals surface area contributed by atoms with Gasteiger partial charge in [-0.3, -0.25) is 0 Å². The summed E-state index contributed by atoms with van der Waals surface area (Å²) in [6.45, 7) is 2.76. The van der Waals surface area contributed by atoms with Gasteiger partial charge >= 0.3 is 5.97 Å². The number of carbonyl (C=O) groups excluding carboxylic acids is 1. The summed E-state index contributed by atoms with van der Waals surface area (Å²) in [6, 6.07) is 9.24. The molecule has 0 bridgehead atoms. The molecule has 3 aromatic rings. The molecule has 0 saturated heterocycles. The van der Waals surface area contributed by atoms with Crippen molar-refractivity contribution in [3.63, 3.8) is 0 Å². The van der Waals surface area contributed by atoms with Crippen molar-refractivity contribution >= 4 is 29.3 Å². The average molecular weight is 378 g/mol. The predicted octanol–water partition coefficient (Wildman–Crippen LogP) is 4.29. The number of nitrogens with zero attached hydrogens (tertiary/aromatic N) is 3. The van der Waals surface area contributed by atoms with Crippen LogP contribution in [0.5, 0.6) is 0 Å². The van der Waals surface area contributed by atoms with E-state index in [1.54, 1.807) is 6.07 Å². The smallest absolute Gasteiger partial charge is 0.374 e. The summed E-state index contributed by atoms with van der Waals surface area (Å²) < 4.78 is 11.9. The largest absolute Gasteiger partial charge is 0.463 e. The van der Waals surface area contributed by atoms with Crippen molar-refractivity contribution in [2.45, 2.75) is 24.4 Å². The predicted molar refractivity (Wildman–Crippen MR) is 95.8 cm³/mol. The molecule has 3 rings (SSSR count). The first-order valence-corrected chi connectivity index (χ1v) is 8.97. The van der Waals surface area contributed by atoms with Crippen LogP contribution in [0.3, 0.4) is 0 Å². The molecule has 0 N–H and O–H groups in total. The van der Waals surface area contributed by atoms with Crippen LogP contribution >= 0.6 is 23.4 Å². The Balaban J connectivity index is 1.81. The molecule has 0 radical (unpaired) electrons. The number of hydrogen-bond acceptors (Lipinski definition) is 6. The molecule has 0 atom stereocenters. The Kier molecular flexibility index (Phi) is 5.45. The molecule has 0 saturated carbocycles. The van der Waals surface area contributed by atoms with Gasteiger partial charge in [0.05, 0.1) is 13.4 Å². The van der Waals surface area contributed by atoms with Crippen molar-refractivity contribution in [1.82, 2.24) is 14.8 Å². The molecule has 0 amide bonds. The second-order valence-corrected chi connectivity index (χ2v) is 6.49. The highest BCUT2D eigenvalue weighted by Gasteiger charge is 2.18. The molecule has 0 aliphatic heterocycles. The Morgan fingerprint density at radius 1 is 1.28 bits per heavy atom. The van der Waals surface area contributed by atoms with Crippen LogP contribution in [-0.2, 0) is 17.0 Å². The van der Waals surface area contributed by atoms with E-state index in [0.29, 0.717) is 10.8 Å². The first kappa shape index (κ1) is 17.6. The Hall–Kier alpha value is -2.25. The maximum Gasteiger partial charge on any atom is 0.374 e. The third-order valence-corrected chi connectivity index (χ3v) is 4.88. The summed E-state index contributed by atoms with van der Waals surface area (Å²) in [5.41, 5.74) is 1.71. The van der Waals surface area contributed by atoms with Gasteiger partial charge in [0.15, 0.2) is 11.0 Å². The number of halogens is 1. The monoisotopic (exact) mass is 377 g/mol. The molecule has 2 heterocycles. The first-order chi connectivity index (χ1) is 12.1. The van der Waals surface area contributed by atoms with Crippen LogP contribution in [0.25, 0.3) is 11.4 Å². The third kappa shape index (κ3) is 3.72. The molecule has 0 aliphatic rings. The fourth-order valence-electron chi connectivity index (χ4n) is 2.36. The molecule has 0 fully saturated rings. The van der Waals surface area contributed by atoms with E-state index in [4.69, 9.17) is 20.8 Å². The Morgan fingerprint density at radius 2 is 2.04 bits per heavy atom. The maximum absolute atomic E-state index is 11.7. The van der Waals surface area contributed by atoms with Gasteiger partial charge in [-0.2, -0.15) is 0 Å². The standard InChI is InChI=1S/C17H16ClN3O3S/c1-3-21-15(11-4-6-13(18)7-5-11)19-20-17(21)25-10-12-8-9-24-14(12)16(22)23-2/h4-9H,3,10H2,1-2H3. The van der Waals surface area contributed by atoms with Crippen LogP contribution in [-0.4, -0.2) is 27.8 Å². The Morgan fingerprint density at radius 3 is 2.72 bits per heavy atom. The highest BCUT2D eigenvalue weighted by Crippen LogP contribution is 2.28. The summed E-state index contributed by atoms with van der Waals surface area (Å²) in [5, 5.41) is 10.0. The number of aromatic nitrogens is 3. The van der Waals surface area contributed by atoms with E-state index < -0.39 is 5.97 Å². The second kappa shape index (κ2) is 7.76. The van der Waals surface area contributed by atoms with E-state index in [2.05, 4.69) is 10.2 Å². The van der Waals surface area contributed by atoms with Crippen LogP contribution in [0.4, 0.5) is 0 Å². The minimum atomic E-state index is -0.487. The molecular weight excluding hydrogens is 362 g/mol. The highest BCUT2D eigenvalue weighted by molar-refractivity contribution is 7.98. The lowest BCUT2D eigenvalue weighted by molar-refractivity contribution is 0.0564. The number of rotatable bonds is 6. The van der Waals surface area contributed by atoms with Crippen molar-refractivity contribution in [3.05, 3.63) is 52.9 Å². The van der Waals surface area contributed by atoms with Gasteiger partial charge in [-0.25, -0.2) is 4.79 Å². The van der Waals surface area contributed by atoms with E-state index in [1.165, 1.54) is 25.1 Å². The Labute approximate surface area is 154 Å². The lowest BCUT2D eigenvalue weighted by Gasteiger charge is -2.07. The van der Waals surface area contributed by atoms with Gasteiger partial charge in [-0.1, -0.05) is 23.4 Å². The maximum atomic E-state index is 11.7. The minimum Gasteiger partial charge on any atom is -0.463 e. The number of esters is 1. The molecule has 130 valence electrons. The number of hydrogen-bond donors (Lipinski definition) is 0. The van der Waals surface area contributed by atoms with Crippen LogP contribution < -0.4 is 0 Å². The van der Waals surface area contributed by atoms with E-state index in [-0.39, 0.29) is 5.76 Å². The van der Waals surface area contributed by atoms with Gasteiger partial charge in [-0.05, 0) is 37.3 Å². The molecule has 0 unspecified atom stereocenters. The van der Waals surface area contributed by atoms with Gasteiger partial charge < -0.3 is 13.7 Å². The molecule has 1 aromatic carbocycles. The number of carbonyl (C=O) groups is 1. The lowest BCUT2D eigenvalue weighted by atomic mass is 10.2. The molecular formula is C17H16ClN3O3S. The first-order valence-electron chi connectivity index (χ1n) is 7.60. The molecule has 25 heavy (non-hydrogen) atoms. The number of methoxy groups -OCH3 is 1. The third-order valence-electron chi connectivity index (χ3n) is 3.61. The van der Waals surface area contributed by atoms with Crippen molar-refractivity contribution in [2.75, 3.05) is 7.11 Å². The van der Waals surface area contributed by atoms with E-state index >= 15 is 0 Å². The normalized spacial score (nSPS) is 10.8. The van der Waals surface area contributed by atoms with Crippen molar-refractivity contribution in [3.8, 4) is 11.4 Å². The number of ether oxygens (including phenoxy) is 1. The van der Waals surface area contributed by atoms with E-state index in [0.717, 1.165) is 28.7 Å². The zero-order valence-corrected chi connectivity index (χ0v) is 15.3. The highest BCUT2D eigenvalue weighted by atomic mass is 35.5. The molecule has 0 aliphatic carbocycles. The summed E-state index contributed by atoms with van der Waals surface area (Å²) in [7, 11) is 1.33. The number of benzene rings is 1. The van der Waals surface area contributed by atoms with Gasteiger partial charge in [0.25, 0.3) is 0 Å². The van der Waals surface area contributed by atoms with Crippen LogP contribution in [0.1, 0.15) is 23.0 Å². The zero-order chi connectivity index (χ0) is 17.8. The molecule has 0 spiro atoms. The summed E-state index contributed by atoms with van der Waals surface area (Å²) in [4.78, 5) is 11.7. The van der Waals surface area contributed by atoms with Gasteiger partial charge in [-0.15, -0.1) is 10.2 Å². The van der Waals surface area contributed by atoms with Gasteiger partial charge in [0.2, 0.25) is 5.76 Å². The fourth-order valence-corrected chi connectivity index (χ4v) is 3.46. The van der Waals surface area contributed by atoms with Crippen LogP contribution in [0, 0.1) is 0 Å². The van der Waals surface area contributed by atoms with Gasteiger partial charge in [0.1, 0.15) is 0 Å². The van der Waals surface area contributed by atoms with E-state index in [9.17, 15) is 4.79 Å². The molecule has 8 heteroatoms. The fraction of sp³-hybridized carbons (Fsp3) is 0.235. The second-order valence-electron chi connectivity index (χ2n) is 5.11. The minimum absolute atomic E-state index is 0.218. The van der Waals surface area contributed by atoms with Gasteiger partial charge in [0, 0.05) is 28.4 Å². The SMILES string of the molecule is CCn1c(SCc2ccoc2C(=O)OC)nnc1-c1ccc(Cl)cc1. The summed E-state index contributed by atoms with van der Waals surface area (Å²) in [5.74, 6) is 1.04. The average Bonchev–Trinajstić information content (AvgIpc) is 3.26. The quantitative estimate of drug-likeness (QED) is 0.471. The zero-order valence-electron chi connectivity index (χ0n) is 13.7. The Bertz CT molecular complexity index is 874. The lowest BCUT2D eigenvalue weighted by Crippen LogP contribution is -2.03. The van der Waals surface area contributed by atoms with Crippen LogP contribution in [0.15, 0.2) is 46.2 Å². The summed E-state index contributed by atoms with van der Waals surface area (Å²) in [6.07, 6.45) is 1.48. The molecule has 2 aromatic heterocycles. The summed E-state index contributed by atoms with van der Waals surface area (Å²) >= 11 is 7.43. The van der Waals surface area contributed by atoms with Crippen molar-refractivity contribution in [2.24, 2.45) is 0 Å². The van der Waals surface area contributed by atoms with Crippen LogP contribution in [0.2, 0.25) is 5.02 Å². The topological polar surface area (TPSA) is 70.2 Å². The van der Waals surface area contributed by atoms with Crippen molar-refractivity contribution < 1.29 is 13.9 Å². The molecule has 6 nitrogen and oxygen atoms in total. The number of thioether (sulfide) groups is 1. The van der Waals surface area contributed by atoms with E-state index in [1.807, 2.05) is 35.8 Å². The number of furan rings is 1. The van der Waals surface area contributed by atoms with Crippen molar-refractivity contribution in [1.29, 1.82) is 0 Å².